The number of rotatable bonds is 6. The quantitative estimate of drug-likeness (QED) is 0.598. The van der Waals surface area contributed by atoms with Gasteiger partial charge >= 0.3 is 5.97 Å². The molecule has 0 saturated carbocycles. The minimum absolute atomic E-state index is 0.0902. The number of nitrogens with zero attached hydrogens (tertiary/aromatic N) is 1. The summed E-state index contributed by atoms with van der Waals surface area (Å²) in [5, 5.41) is 1.95. The van der Waals surface area contributed by atoms with Crippen LogP contribution < -0.4 is 4.74 Å². The summed E-state index contributed by atoms with van der Waals surface area (Å²) in [7, 11) is 1.64. The number of esters is 1. The highest BCUT2D eigenvalue weighted by Crippen LogP contribution is 2.27. The second-order valence-corrected chi connectivity index (χ2v) is 6.16. The third-order valence-electron chi connectivity index (χ3n) is 3.14. The Kier molecular flexibility index (Phi) is 5.66. The molecule has 0 bridgehead atoms. The van der Waals surface area contributed by atoms with Gasteiger partial charge in [-0.1, -0.05) is 18.7 Å². The molecular formula is C17H21NO3S. The summed E-state index contributed by atoms with van der Waals surface area (Å²) in [5.74, 6) is 0.835. The molecule has 0 radical (unpaired) electrons. The van der Waals surface area contributed by atoms with Crippen LogP contribution in [0.4, 0.5) is 0 Å². The smallest absolute Gasteiger partial charge is 0.316 e. The van der Waals surface area contributed by atoms with Crippen LogP contribution in [0, 0.1) is 0 Å². The van der Waals surface area contributed by atoms with Crippen LogP contribution in [0.15, 0.2) is 29.3 Å². The Labute approximate surface area is 135 Å². The fourth-order valence-corrected chi connectivity index (χ4v) is 2.98. The number of benzene rings is 1. The first-order valence-electron chi connectivity index (χ1n) is 7.33. The van der Waals surface area contributed by atoms with Gasteiger partial charge in [0.2, 0.25) is 0 Å². The zero-order valence-corrected chi connectivity index (χ0v) is 14.2. The lowest BCUT2D eigenvalue weighted by Crippen LogP contribution is -2.13. The molecule has 0 atom stereocenters. The minimum atomic E-state index is -0.213. The molecule has 1 aromatic heterocycles. The van der Waals surface area contributed by atoms with Gasteiger partial charge in [0.05, 0.1) is 24.5 Å². The summed E-state index contributed by atoms with van der Waals surface area (Å²) in [5.41, 5.74) is 2.01. The molecule has 0 N–H and O–H groups in total. The Bertz CT molecular complexity index is 670. The van der Waals surface area contributed by atoms with E-state index in [9.17, 15) is 4.79 Å². The molecule has 1 heterocycles. The maximum absolute atomic E-state index is 11.7. The highest BCUT2D eigenvalue weighted by Gasteiger charge is 2.11. The summed E-state index contributed by atoms with van der Waals surface area (Å²) in [6.45, 7) is 5.78. The standard InChI is InChI=1S/C17H21NO3S/c1-5-12-8-13-6-7-14(20-4)9-15(13)18-17(12)22-10-16(19)21-11(2)3/h6-9,11H,5,10H2,1-4H3. The van der Waals surface area contributed by atoms with Crippen LogP contribution in [-0.4, -0.2) is 29.9 Å². The van der Waals surface area contributed by atoms with Crippen LogP contribution in [0.1, 0.15) is 26.3 Å². The predicted molar refractivity (Wildman–Crippen MR) is 89.6 cm³/mol. The number of aromatic nitrogens is 1. The molecule has 0 saturated heterocycles. The molecule has 5 heteroatoms. The lowest BCUT2D eigenvalue weighted by Gasteiger charge is -2.11. The first-order valence-corrected chi connectivity index (χ1v) is 8.32. The molecule has 0 amide bonds. The normalized spacial score (nSPS) is 11.0. The minimum Gasteiger partial charge on any atom is -0.497 e. The summed E-state index contributed by atoms with van der Waals surface area (Å²) in [6.07, 6.45) is 0.781. The fraction of sp³-hybridized carbons (Fsp3) is 0.412. The molecule has 22 heavy (non-hydrogen) atoms. The molecule has 4 nitrogen and oxygen atoms in total. The zero-order valence-electron chi connectivity index (χ0n) is 13.4. The number of carbonyl (C=O) groups is 1. The number of pyridine rings is 1. The Morgan fingerprint density at radius 3 is 2.73 bits per heavy atom. The Hall–Kier alpha value is -1.75. The number of fused-ring (bicyclic) bond motifs is 1. The average Bonchev–Trinajstić information content (AvgIpc) is 2.50. The molecule has 2 rings (SSSR count). The molecule has 0 spiro atoms. The van der Waals surface area contributed by atoms with Crippen LogP contribution in [0.25, 0.3) is 10.9 Å². The first kappa shape index (κ1) is 16.6. The Balaban J connectivity index is 2.25. The van der Waals surface area contributed by atoms with E-state index in [1.165, 1.54) is 11.8 Å². The summed E-state index contributed by atoms with van der Waals surface area (Å²) < 4.78 is 10.4. The molecule has 2 aromatic rings. The van der Waals surface area contributed by atoms with Crippen LogP contribution >= 0.6 is 11.8 Å². The zero-order chi connectivity index (χ0) is 16.1. The molecule has 0 aliphatic rings. The topological polar surface area (TPSA) is 48.4 Å². The van der Waals surface area contributed by atoms with Crippen molar-refractivity contribution in [3.63, 3.8) is 0 Å². The van der Waals surface area contributed by atoms with Gasteiger partial charge in [-0.25, -0.2) is 4.98 Å². The highest BCUT2D eigenvalue weighted by molar-refractivity contribution is 7.99. The molecule has 0 fully saturated rings. The highest BCUT2D eigenvalue weighted by atomic mass is 32.2. The number of hydrogen-bond acceptors (Lipinski definition) is 5. The van der Waals surface area contributed by atoms with Gasteiger partial charge in [-0.05, 0) is 44.0 Å². The molecule has 0 aliphatic heterocycles. The van der Waals surface area contributed by atoms with Crippen LogP contribution in [-0.2, 0) is 16.0 Å². The number of thioether (sulfide) groups is 1. The lowest BCUT2D eigenvalue weighted by molar-refractivity contribution is -0.144. The molecular weight excluding hydrogens is 298 g/mol. The third kappa shape index (κ3) is 4.13. The fourth-order valence-electron chi connectivity index (χ4n) is 2.10. The summed E-state index contributed by atoms with van der Waals surface area (Å²) >= 11 is 1.42. The monoisotopic (exact) mass is 319 g/mol. The van der Waals surface area contributed by atoms with E-state index in [1.54, 1.807) is 7.11 Å². The van der Waals surface area contributed by atoms with Gasteiger partial charge in [0.1, 0.15) is 10.8 Å². The maximum Gasteiger partial charge on any atom is 0.316 e. The number of methoxy groups -OCH3 is 1. The lowest BCUT2D eigenvalue weighted by atomic mass is 10.1. The van der Waals surface area contributed by atoms with Crippen molar-refractivity contribution >= 4 is 28.6 Å². The summed E-state index contributed by atoms with van der Waals surface area (Å²) in [4.78, 5) is 16.4. The SMILES string of the molecule is CCc1cc2ccc(OC)cc2nc1SCC(=O)OC(C)C. The van der Waals surface area contributed by atoms with Gasteiger partial charge in [0, 0.05) is 11.5 Å². The van der Waals surface area contributed by atoms with Crippen molar-refractivity contribution < 1.29 is 14.3 Å². The van der Waals surface area contributed by atoms with E-state index in [0.29, 0.717) is 0 Å². The van der Waals surface area contributed by atoms with Crippen LogP contribution in [0.3, 0.4) is 0 Å². The number of hydrogen-bond donors (Lipinski definition) is 0. The van der Waals surface area contributed by atoms with Gasteiger partial charge in [-0.3, -0.25) is 4.79 Å². The average molecular weight is 319 g/mol. The summed E-state index contributed by atoms with van der Waals surface area (Å²) in [6, 6.07) is 7.96. The van der Waals surface area contributed by atoms with Crippen molar-refractivity contribution in [2.45, 2.75) is 38.3 Å². The van der Waals surface area contributed by atoms with Crippen molar-refractivity contribution in [3.8, 4) is 5.75 Å². The van der Waals surface area contributed by atoms with Crippen molar-refractivity contribution in [1.29, 1.82) is 0 Å². The number of carbonyl (C=O) groups excluding carboxylic acids is 1. The van der Waals surface area contributed by atoms with E-state index in [2.05, 4.69) is 18.0 Å². The largest absolute Gasteiger partial charge is 0.497 e. The van der Waals surface area contributed by atoms with E-state index in [4.69, 9.17) is 9.47 Å². The molecule has 0 unspecified atom stereocenters. The number of ether oxygens (including phenoxy) is 2. The van der Waals surface area contributed by atoms with Crippen LogP contribution in [0.5, 0.6) is 5.75 Å². The maximum atomic E-state index is 11.7. The predicted octanol–water partition coefficient (Wildman–Crippen LogP) is 3.85. The molecule has 1 aromatic carbocycles. The van der Waals surface area contributed by atoms with Crippen LogP contribution in [0.2, 0.25) is 0 Å². The van der Waals surface area contributed by atoms with Gasteiger partial charge in [-0.2, -0.15) is 0 Å². The Morgan fingerprint density at radius 2 is 2.09 bits per heavy atom. The van der Waals surface area contributed by atoms with Crippen molar-refractivity contribution in [3.05, 3.63) is 29.8 Å². The van der Waals surface area contributed by atoms with E-state index in [0.717, 1.165) is 33.7 Å². The molecule has 0 aliphatic carbocycles. The van der Waals surface area contributed by atoms with Crippen molar-refractivity contribution in [2.75, 3.05) is 12.9 Å². The Morgan fingerprint density at radius 1 is 1.32 bits per heavy atom. The van der Waals surface area contributed by atoms with Gasteiger partial charge in [0.15, 0.2) is 0 Å². The second kappa shape index (κ2) is 7.49. The third-order valence-corrected chi connectivity index (χ3v) is 4.15. The van der Waals surface area contributed by atoms with E-state index in [-0.39, 0.29) is 17.8 Å². The van der Waals surface area contributed by atoms with E-state index < -0.39 is 0 Å². The van der Waals surface area contributed by atoms with E-state index >= 15 is 0 Å². The second-order valence-electron chi connectivity index (χ2n) is 5.19. The van der Waals surface area contributed by atoms with Gasteiger partial charge in [0.25, 0.3) is 0 Å². The van der Waals surface area contributed by atoms with Crippen molar-refractivity contribution in [2.24, 2.45) is 0 Å². The van der Waals surface area contributed by atoms with Crippen molar-refractivity contribution in [1.82, 2.24) is 4.98 Å². The van der Waals surface area contributed by atoms with Gasteiger partial charge < -0.3 is 9.47 Å². The van der Waals surface area contributed by atoms with E-state index in [1.807, 2.05) is 32.0 Å². The first-order chi connectivity index (χ1) is 10.5. The number of aryl methyl sites for hydroxylation is 1. The molecule has 118 valence electrons. The van der Waals surface area contributed by atoms with Gasteiger partial charge in [-0.15, -0.1) is 0 Å².